The summed E-state index contributed by atoms with van der Waals surface area (Å²) in [5, 5.41) is 4.42. The van der Waals surface area contributed by atoms with Gasteiger partial charge in [-0.2, -0.15) is 0 Å². The van der Waals surface area contributed by atoms with Crippen molar-refractivity contribution in [2.24, 2.45) is 0 Å². The number of amides is 2. The van der Waals surface area contributed by atoms with Crippen LogP contribution in [0.25, 0.3) is 5.57 Å². The van der Waals surface area contributed by atoms with Crippen LogP contribution in [0, 0.1) is 0 Å². The van der Waals surface area contributed by atoms with Crippen LogP contribution in [0.3, 0.4) is 0 Å². The van der Waals surface area contributed by atoms with E-state index < -0.39 is 18.1 Å². The van der Waals surface area contributed by atoms with Gasteiger partial charge in [0.15, 0.2) is 6.10 Å². The lowest BCUT2D eigenvalue weighted by Gasteiger charge is -2.50. The van der Waals surface area contributed by atoms with E-state index in [4.69, 9.17) is 4.74 Å². The predicted octanol–water partition coefficient (Wildman–Crippen LogP) is 5.43. The second kappa shape index (κ2) is 11.5. The summed E-state index contributed by atoms with van der Waals surface area (Å²) in [6, 6.07) is 31.8. The number of β-lactam (4-membered cyclic amide) rings is 1. The van der Waals surface area contributed by atoms with Gasteiger partial charge in [-0.15, -0.1) is 23.1 Å². The molecule has 2 atom stereocenters. The summed E-state index contributed by atoms with van der Waals surface area (Å²) in [7, 11) is 0. The summed E-state index contributed by atoms with van der Waals surface area (Å²) >= 11 is 3.04. The summed E-state index contributed by atoms with van der Waals surface area (Å²) in [5.74, 6) is -0.593. The van der Waals surface area contributed by atoms with Crippen molar-refractivity contribution in [2.45, 2.75) is 23.9 Å². The number of carbonyl (C=O) groups is 3. The molecule has 0 aliphatic carbocycles. The Bertz CT molecular complexity index is 1500. The zero-order chi connectivity index (χ0) is 27.5. The number of esters is 1. The van der Waals surface area contributed by atoms with Crippen molar-refractivity contribution < 1.29 is 19.1 Å². The second-order valence-electron chi connectivity index (χ2n) is 9.51. The van der Waals surface area contributed by atoms with Crippen molar-refractivity contribution in [1.82, 2.24) is 10.2 Å². The number of rotatable bonds is 8. The van der Waals surface area contributed by atoms with Gasteiger partial charge in [-0.1, -0.05) is 97.1 Å². The van der Waals surface area contributed by atoms with Gasteiger partial charge in [0.25, 0.3) is 5.91 Å². The zero-order valence-electron chi connectivity index (χ0n) is 21.4. The largest absolute Gasteiger partial charge is 0.448 e. The number of nitrogens with one attached hydrogen (secondary N) is 1. The molecule has 4 aromatic rings. The predicted molar refractivity (Wildman–Crippen MR) is 157 cm³/mol. The molecule has 0 bridgehead atoms. The molecule has 1 unspecified atom stereocenters. The van der Waals surface area contributed by atoms with Crippen molar-refractivity contribution >= 4 is 46.5 Å². The molecule has 6 nitrogen and oxygen atoms in total. The van der Waals surface area contributed by atoms with Crippen LogP contribution >= 0.6 is 23.1 Å². The van der Waals surface area contributed by atoms with Crippen molar-refractivity contribution in [3.05, 3.63) is 136 Å². The molecule has 40 heavy (non-hydrogen) atoms. The smallest absolute Gasteiger partial charge is 0.356 e. The van der Waals surface area contributed by atoms with Crippen LogP contribution in [-0.2, 0) is 25.5 Å². The maximum atomic E-state index is 14.0. The second-order valence-corrected chi connectivity index (χ2v) is 11.6. The van der Waals surface area contributed by atoms with Crippen molar-refractivity contribution in [2.75, 3.05) is 5.75 Å². The third-order valence-corrected chi connectivity index (χ3v) is 9.10. The van der Waals surface area contributed by atoms with Crippen molar-refractivity contribution in [3.8, 4) is 0 Å². The zero-order valence-corrected chi connectivity index (χ0v) is 23.1. The number of fused-ring (bicyclic) bond motifs is 1. The molecule has 1 aromatic heterocycles. The normalized spacial score (nSPS) is 18.2. The molecular weight excluding hydrogens is 540 g/mol. The molecule has 1 fully saturated rings. The number of thiophene rings is 1. The lowest BCUT2D eigenvalue weighted by Crippen LogP contribution is -2.70. The van der Waals surface area contributed by atoms with E-state index in [1.165, 1.54) is 28.0 Å². The molecule has 3 aromatic carbocycles. The van der Waals surface area contributed by atoms with Crippen LogP contribution in [0.2, 0.25) is 0 Å². The molecule has 8 heteroatoms. The van der Waals surface area contributed by atoms with Gasteiger partial charge in [0.05, 0.1) is 6.42 Å². The minimum Gasteiger partial charge on any atom is -0.448 e. The molecule has 2 aliphatic rings. The molecule has 1 saturated heterocycles. The Morgan fingerprint density at radius 3 is 2.10 bits per heavy atom. The van der Waals surface area contributed by atoms with Gasteiger partial charge in [0.2, 0.25) is 5.91 Å². The summed E-state index contributed by atoms with van der Waals surface area (Å²) in [4.78, 5) is 42.7. The minimum atomic E-state index is -0.698. The Labute approximate surface area is 240 Å². The molecule has 3 heterocycles. The lowest BCUT2D eigenvalue weighted by molar-refractivity contribution is -0.154. The van der Waals surface area contributed by atoms with E-state index in [-0.39, 0.29) is 29.3 Å². The van der Waals surface area contributed by atoms with Gasteiger partial charge in [0.1, 0.15) is 17.1 Å². The van der Waals surface area contributed by atoms with Crippen LogP contribution in [0.15, 0.2) is 114 Å². The monoisotopic (exact) mass is 566 g/mol. The molecule has 1 N–H and O–H groups in total. The van der Waals surface area contributed by atoms with E-state index in [1.54, 1.807) is 0 Å². The van der Waals surface area contributed by atoms with Gasteiger partial charge in [0, 0.05) is 16.2 Å². The molecule has 0 radical (unpaired) electrons. The fraction of sp³-hybridized carbons (Fsp3) is 0.156. The Kier molecular flexibility index (Phi) is 7.53. The number of ether oxygens (including phenoxy) is 1. The van der Waals surface area contributed by atoms with Gasteiger partial charge in [-0.25, -0.2) is 4.79 Å². The average molecular weight is 567 g/mol. The molecule has 6 rings (SSSR count). The molecule has 2 amide bonds. The van der Waals surface area contributed by atoms with Crippen LogP contribution in [0.4, 0.5) is 0 Å². The van der Waals surface area contributed by atoms with Crippen molar-refractivity contribution in [1.29, 1.82) is 0 Å². The average Bonchev–Trinajstić information content (AvgIpc) is 3.52. The van der Waals surface area contributed by atoms with Crippen LogP contribution in [-0.4, -0.2) is 39.9 Å². The first-order chi connectivity index (χ1) is 19.6. The highest BCUT2D eigenvalue weighted by atomic mass is 32.2. The van der Waals surface area contributed by atoms with Gasteiger partial charge in [-0.05, 0) is 28.1 Å². The topological polar surface area (TPSA) is 75.7 Å². The lowest BCUT2D eigenvalue weighted by atomic mass is 9.98. The summed E-state index contributed by atoms with van der Waals surface area (Å²) in [6.07, 6.45) is -0.431. The van der Waals surface area contributed by atoms with E-state index in [0.29, 0.717) is 5.75 Å². The van der Waals surface area contributed by atoms with Crippen LogP contribution in [0.1, 0.15) is 27.7 Å². The first kappa shape index (κ1) is 26.1. The number of benzene rings is 3. The third-order valence-electron chi connectivity index (χ3n) is 6.94. The first-order valence-electron chi connectivity index (χ1n) is 13.0. The Morgan fingerprint density at radius 1 is 0.875 bits per heavy atom. The highest BCUT2D eigenvalue weighted by molar-refractivity contribution is 8.00. The van der Waals surface area contributed by atoms with Gasteiger partial charge >= 0.3 is 5.97 Å². The molecule has 200 valence electrons. The molecule has 0 spiro atoms. The number of hydrogen-bond donors (Lipinski definition) is 1. The van der Waals surface area contributed by atoms with Gasteiger partial charge < -0.3 is 10.1 Å². The maximum Gasteiger partial charge on any atom is 0.356 e. The highest BCUT2D eigenvalue weighted by Crippen LogP contribution is 2.44. The Morgan fingerprint density at radius 2 is 1.50 bits per heavy atom. The van der Waals surface area contributed by atoms with Crippen molar-refractivity contribution in [3.63, 3.8) is 0 Å². The van der Waals surface area contributed by atoms with E-state index >= 15 is 0 Å². The van der Waals surface area contributed by atoms with E-state index in [9.17, 15) is 14.4 Å². The Balaban J connectivity index is 1.31. The van der Waals surface area contributed by atoms with E-state index in [0.717, 1.165) is 27.1 Å². The summed E-state index contributed by atoms with van der Waals surface area (Å²) in [5.41, 5.74) is 3.50. The Hall–Kier alpha value is -4.14. The number of nitrogens with zero attached hydrogens (tertiary/aromatic N) is 1. The maximum absolute atomic E-state index is 14.0. The fourth-order valence-electron chi connectivity index (χ4n) is 5.01. The fourth-order valence-corrected chi connectivity index (χ4v) is 7.09. The minimum absolute atomic E-state index is 0.212. The number of thioether (sulfide) groups is 1. The van der Waals surface area contributed by atoms with Crippen LogP contribution < -0.4 is 5.32 Å². The molecular formula is C32H26N2O4S2. The SMILES string of the molecule is O=C(Cc1cccs1)NC1C(=O)N2C(C(=O)OC(c3ccccc3)c3ccccc3)=C(c3ccccc3)CS[C@H]12. The quantitative estimate of drug-likeness (QED) is 0.227. The van der Waals surface area contributed by atoms with E-state index in [1.807, 2.05) is 109 Å². The number of hydrogen-bond acceptors (Lipinski definition) is 6. The van der Waals surface area contributed by atoms with E-state index in [2.05, 4.69) is 5.32 Å². The third kappa shape index (κ3) is 5.20. The highest BCUT2D eigenvalue weighted by Gasteiger charge is 2.54. The molecule has 2 aliphatic heterocycles. The summed E-state index contributed by atoms with van der Waals surface area (Å²) < 4.78 is 6.22. The first-order valence-corrected chi connectivity index (χ1v) is 14.9. The molecule has 0 saturated carbocycles. The summed E-state index contributed by atoms with van der Waals surface area (Å²) in [6.45, 7) is 0. The number of carbonyl (C=O) groups excluding carboxylic acids is 3. The standard InChI is InChI=1S/C32H26N2O4S2/c35-26(19-24-17-10-18-39-24)33-27-30(36)34-28(25(20-40-31(27)34)21-11-4-1-5-12-21)32(37)38-29(22-13-6-2-7-14-22)23-15-8-3-9-16-23/h1-18,27,29,31H,19-20H2,(H,33,35)/t27?,31-/m1/s1. The van der Waals surface area contributed by atoms with Crippen LogP contribution in [0.5, 0.6) is 0 Å². The van der Waals surface area contributed by atoms with Gasteiger partial charge in [-0.3, -0.25) is 14.5 Å².